The molecule has 187 valence electrons. The van der Waals surface area contributed by atoms with Crippen molar-refractivity contribution in [3.05, 3.63) is 126 Å². The summed E-state index contributed by atoms with van der Waals surface area (Å²) in [7, 11) is 0. The van der Waals surface area contributed by atoms with E-state index in [1.54, 1.807) is 24.3 Å². The minimum absolute atomic E-state index is 0.000323. The lowest BCUT2D eigenvalue weighted by Crippen LogP contribution is -2.13. The number of aromatic nitrogens is 1. The Morgan fingerprint density at radius 1 is 0.622 bits per heavy atom. The van der Waals surface area contributed by atoms with Crippen molar-refractivity contribution >= 4 is 69.6 Å². The van der Waals surface area contributed by atoms with Gasteiger partial charge in [0.2, 0.25) is 0 Å². The second kappa shape index (κ2) is 10.5. The Kier molecular flexibility index (Phi) is 7.47. The van der Waals surface area contributed by atoms with Gasteiger partial charge in [-0.3, -0.25) is 4.98 Å². The Morgan fingerprint density at radius 3 is 1.43 bits per heavy atom. The Labute approximate surface area is 239 Å². The van der Waals surface area contributed by atoms with Crippen molar-refractivity contribution in [1.29, 1.82) is 0 Å². The molecular weight excluding hydrogens is 609 g/mol. The quantitative estimate of drug-likeness (QED) is 0.197. The topological polar surface area (TPSA) is 39.2 Å². The first-order valence-corrected chi connectivity index (χ1v) is 12.6. The third-order valence-electron chi connectivity index (χ3n) is 5.48. The standard InChI is InChI=1S/C26H10Cl6F2NO2/c27-11-7-13(29)21(25(31)19(11)17-3-1-5-36-17)24(23-15(33)9-35-10-16(23)34)22-14(30)8-12(28)20(26(22)32)18-4-2-6-37-18/h1-10H. The van der Waals surface area contributed by atoms with Gasteiger partial charge in [-0.05, 0) is 36.4 Å². The molecule has 5 aromatic rings. The summed E-state index contributed by atoms with van der Waals surface area (Å²) >= 11 is 39.9. The minimum atomic E-state index is -1.02. The van der Waals surface area contributed by atoms with Crippen LogP contribution in [0.3, 0.4) is 0 Å². The molecule has 0 aliphatic heterocycles. The van der Waals surface area contributed by atoms with E-state index in [0.29, 0.717) is 11.5 Å². The smallest absolute Gasteiger partial charge is 0.148 e. The van der Waals surface area contributed by atoms with Crippen LogP contribution >= 0.6 is 69.6 Å². The van der Waals surface area contributed by atoms with Gasteiger partial charge < -0.3 is 8.83 Å². The predicted octanol–water partition coefficient (Wildman–Crippen LogP) is 10.8. The van der Waals surface area contributed by atoms with E-state index in [1.165, 1.54) is 24.7 Å². The van der Waals surface area contributed by atoms with E-state index in [-0.39, 0.29) is 58.3 Å². The molecule has 3 nitrogen and oxygen atoms in total. The molecule has 0 amide bonds. The van der Waals surface area contributed by atoms with Crippen LogP contribution in [-0.4, -0.2) is 4.98 Å². The van der Waals surface area contributed by atoms with E-state index >= 15 is 8.78 Å². The lowest BCUT2D eigenvalue weighted by Gasteiger charge is -2.25. The highest BCUT2D eigenvalue weighted by molar-refractivity contribution is 6.45. The molecule has 37 heavy (non-hydrogen) atoms. The van der Waals surface area contributed by atoms with Crippen LogP contribution in [0.2, 0.25) is 30.1 Å². The van der Waals surface area contributed by atoms with Gasteiger partial charge in [-0.15, -0.1) is 0 Å². The zero-order valence-corrected chi connectivity index (χ0v) is 22.6. The van der Waals surface area contributed by atoms with Gasteiger partial charge in [-0.1, -0.05) is 69.6 Å². The summed E-state index contributed by atoms with van der Waals surface area (Å²) in [4.78, 5) is 3.58. The van der Waals surface area contributed by atoms with Crippen LogP contribution in [-0.2, 0) is 0 Å². The van der Waals surface area contributed by atoms with E-state index in [1.807, 2.05) is 0 Å². The molecule has 0 bridgehead atoms. The number of halogens is 8. The number of furan rings is 2. The van der Waals surface area contributed by atoms with Crippen LogP contribution in [0.4, 0.5) is 8.78 Å². The lowest BCUT2D eigenvalue weighted by atomic mass is 9.83. The number of rotatable bonds is 5. The second-order valence-corrected chi connectivity index (χ2v) is 10.0. The van der Waals surface area contributed by atoms with E-state index in [0.717, 1.165) is 12.4 Å². The third-order valence-corrected chi connectivity index (χ3v) is 7.43. The molecule has 1 radical (unpaired) electrons. The number of hydrogen-bond acceptors (Lipinski definition) is 3. The van der Waals surface area contributed by atoms with Crippen molar-refractivity contribution in [1.82, 2.24) is 4.98 Å². The van der Waals surface area contributed by atoms with Crippen LogP contribution in [0, 0.1) is 17.6 Å². The minimum Gasteiger partial charge on any atom is -0.464 e. The maximum Gasteiger partial charge on any atom is 0.148 e. The van der Waals surface area contributed by atoms with E-state index in [2.05, 4.69) is 4.98 Å². The number of benzene rings is 2. The third kappa shape index (κ3) is 4.63. The average Bonchev–Trinajstić information content (AvgIpc) is 3.53. The van der Waals surface area contributed by atoms with Crippen molar-refractivity contribution in [2.24, 2.45) is 0 Å². The summed E-state index contributed by atoms with van der Waals surface area (Å²) in [5, 5.41) is 0.121. The second-order valence-electron chi connectivity index (χ2n) is 7.62. The molecule has 0 N–H and O–H groups in total. The highest BCUT2D eigenvalue weighted by Gasteiger charge is 2.36. The van der Waals surface area contributed by atoms with E-state index in [9.17, 15) is 0 Å². The van der Waals surface area contributed by atoms with Gasteiger partial charge in [0.05, 0.1) is 62.1 Å². The largest absolute Gasteiger partial charge is 0.464 e. The molecule has 11 heteroatoms. The Hall–Kier alpha value is -2.25. The zero-order chi connectivity index (χ0) is 26.4. The molecule has 0 atom stereocenters. The highest BCUT2D eigenvalue weighted by Crippen LogP contribution is 2.52. The number of pyridine rings is 1. The molecule has 0 saturated carbocycles. The summed E-state index contributed by atoms with van der Waals surface area (Å²) in [6.45, 7) is 0. The van der Waals surface area contributed by atoms with E-state index < -0.39 is 17.2 Å². The predicted molar refractivity (Wildman–Crippen MR) is 143 cm³/mol. The van der Waals surface area contributed by atoms with Crippen molar-refractivity contribution in [2.75, 3.05) is 0 Å². The number of nitrogens with zero attached hydrogens (tertiary/aromatic N) is 1. The van der Waals surface area contributed by atoms with Crippen LogP contribution in [0.5, 0.6) is 0 Å². The summed E-state index contributed by atoms with van der Waals surface area (Å²) in [5.41, 5.74) is -0.0394. The Morgan fingerprint density at radius 2 is 1.05 bits per heavy atom. The Balaban J connectivity index is 1.92. The fraction of sp³-hybridized carbons (Fsp3) is 0. The first kappa shape index (κ1) is 26.4. The van der Waals surface area contributed by atoms with Gasteiger partial charge in [0, 0.05) is 26.7 Å². The average molecular weight is 619 g/mol. The molecule has 0 aliphatic carbocycles. The molecule has 0 fully saturated rings. The molecule has 5 rings (SSSR count). The van der Waals surface area contributed by atoms with Gasteiger partial charge in [-0.25, -0.2) is 8.78 Å². The van der Waals surface area contributed by atoms with Crippen LogP contribution in [0.15, 0.2) is 70.2 Å². The fourth-order valence-electron chi connectivity index (χ4n) is 3.96. The summed E-state index contributed by atoms with van der Waals surface area (Å²) in [6, 6.07) is 9.26. The SMILES string of the molecule is Fc1cncc(F)c1[C](c1c(Cl)cc(Cl)c(-c2ccco2)c1Cl)c1c(Cl)cc(Cl)c(-c2ccco2)c1Cl. The Bertz CT molecular complexity index is 1510. The van der Waals surface area contributed by atoms with Crippen LogP contribution in [0.25, 0.3) is 22.6 Å². The van der Waals surface area contributed by atoms with Crippen molar-refractivity contribution < 1.29 is 17.6 Å². The molecule has 0 spiro atoms. The summed E-state index contributed by atoms with van der Waals surface area (Å²) in [5.74, 6) is -1.59. The van der Waals surface area contributed by atoms with Crippen LogP contribution in [0.1, 0.15) is 16.7 Å². The van der Waals surface area contributed by atoms with Gasteiger partial charge in [0.1, 0.15) is 23.2 Å². The van der Waals surface area contributed by atoms with Crippen LogP contribution < -0.4 is 0 Å². The highest BCUT2D eigenvalue weighted by atomic mass is 35.5. The van der Waals surface area contributed by atoms with Crippen molar-refractivity contribution in [3.8, 4) is 22.6 Å². The summed E-state index contributed by atoms with van der Waals surface area (Å²) < 4.78 is 41.6. The van der Waals surface area contributed by atoms with Crippen molar-refractivity contribution in [2.45, 2.75) is 0 Å². The maximum absolute atomic E-state index is 15.3. The molecular formula is C26H10Cl6F2NO2. The normalized spacial score (nSPS) is 11.5. The first-order chi connectivity index (χ1) is 17.7. The molecule has 3 heterocycles. The summed E-state index contributed by atoms with van der Waals surface area (Å²) in [6.07, 6.45) is 4.53. The lowest BCUT2D eigenvalue weighted by molar-refractivity contribution is 0.557. The maximum atomic E-state index is 15.3. The van der Waals surface area contributed by atoms with Gasteiger partial charge in [0.15, 0.2) is 0 Å². The number of hydrogen-bond donors (Lipinski definition) is 0. The molecule has 0 unspecified atom stereocenters. The van der Waals surface area contributed by atoms with Gasteiger partial charge in [0.25, 0.3) is 0 Å². The molecule has 0 saturated heterocycles. The van der Waals surface area contributed by atoms with Gasteiger partial charge in [-0.2, -0.15) is 0 Å². The monoisotopic (exact) mass is 616 g/mol. The fourth-order valence-corrected chi connectivity index (χ4v) is 6.23. The molecule has 3 aromatic heterocycles. The van der Waals surface area contributed by atoms with E-state index in [4.69, 9.17) is 78.4 Å². The molecule has 2 aromatic carbocycles. The van der Waals surface area contributed by atoms with Crippen molar-refractivity contribution in [3.63, 3.8) is 0 Å². The van der Waals surface area contributed by atoms with Gasteiger partial charge >= 0.3 is 0 Å². The molecule has 0 aliphatic rings. The first-order valence-electron chi connectivity index (χ1n) is 10.3. The zero-order valence-electron chi connectivity index (χ0n) is 18.1.